The molecule has 1 aromatic carbocycles. The molecule has 0 heterocycles. The molecule has 1 aliphatic carbocycles. The van der Waals surface area contributed by atoms with Crippen LogP contribution in [-0.2, 0) is 6.54 Å². The summed E-state index contributed by atoms with van der Waals surface area (Å²) in [5, 5.41) is 4.10. The summed E-state index contributed by atoms with van der Waals surface area (Å²) in [5.41, 5.74) is 1.16. The molecular weight excluding hydrogens is 268 g/mol. The SMILES string of the molecule is FC1(F)CCC(CCNCc2cccc(Cl)c2)CC1. The van der Waals surface area contributed by atoms with Crippen molar-refractivity contribution in [1.29, 1.82) is 0 Å². The lowest BCUT2D eigenvalue weighted by molar-refractivity contribution is -0.0464. The fraction of sp³-hybridized carbons (Fsp3) is 0.600. The largest absolute Gasteiger partial charge is 0.313 e. The second-order valence-electron chi connectivity index (χ2n) is 5.39. The molecule has 4 heteroatoms. The third kappa shape index (κ3) is 5.07. The van der Waals surface area contributed by atoms with E-state index in [2.05, 4.69) is 5.32 Å². The highest BCUT2D eigenvalue weighted by Gasteiger charge is 2.34. The Morgan fingerprint density at radius 3 is 2.68 bits per heavy atom. The maximum Gasteiger partial charge on any atom is 0.248 e. The molecule has 1 aliphatic rings. The van der Waals surface area contributed by atoms with Crippen LogP contribution in [0.15, 0.2) is 24.3 Å². The van der Waals surface area contributed by atoms with Crippen molar-refractivity contribution in [2.24, 2.45) is 5.92 Å². The second-order valence-corrected chi connectivity index (χ2v) is 5.83. The van der Waals surface area contributed by atoms with Crippen molar-refractivity contribution < 1.29 is 8.78 Å². The highest BCUT2D eigenvalue weighted by molar-refractivity contribution is 6.30. The Kier molecular flexibility index (Phi) is 5.17. The van der Waals surface area contributed by atoms with Crippen LogP contribution in [-0.4, -0.2) is 12.5 Å². The lowest BCUT2D eigenvalue weighted by atomic mass is 9.85. The fourth-order valence-corrected chi connectivity index (χ4v) is 2.79. The maximum atomic E-state index is 13.0. The zero-order valence-electron chi connectivity index (χ0n) is 11.0. The van der Waals surface area contributed by atoms with Gasteiger partial charge in [0.2, 0.25) is 5.92 Å². The van der Waals surface area contributed by atoms with Gasteiger partial charge in [-0.15, -0.1) is 0 Å². The monoisotopic (exact) mass is 287 g/mol. The molecule has 0 bridgehead atoms. The van der Waals surface area contributed by atoms with Gasteiger partial charge < -0.3 is 5.32 Å². The van der Waals surface area contributed by atoms with E-state index in [1.54, 1.807) is 0 Å². The third-order valence-corrected chi connectivity index (χ3v) is 4.02. The molecule has 19 heavy (non-hydrogen) atoms. The van der Waals surface area contributed by atoms with Crippen molar-refractivity contribution >= 4 is 11.6 Å². The molecule has 0 aromatic heterocycles. The van der Waals surface area contributed by atoms with Gasteiger partial charge in [-0.05, 0) is 49.4 Å². The molecule has 0 radical (unpaired) electrons. The first-order chi connectivity index (χ1) is 9.05. The predicted octanol–water partition coefficient (Wildman–Crippen LogP) is 4.65. The lowest BCUT2D eigenvalue weighted by Crippen LogP contribution is -2.26. The molecule has 1 saturated carbocycles. The highest BCUT2D eigenvalue weighted by Crippen LogP contribution is 2.37. The molecular formula is C15H20ClF2N. The Morgan fingerprint density at radius 1 is 1.26 bits per heavy atom. The Bertz CT molecular complexity index is 399. The smallest absolute Gasteiger partial charge is 0.248 e. The lowest BCUT2D eigenvalue weighted by Gasteiger charge is -2.28. The molecule has 1 nitrogen and oxygen atoms in total. The van der Waals surface area contributed by atoms with Crippen molar-refractivity contribution in [3.05, 3.63) is 34.9 Å². The van der Waals surface area contributed by atoms with Crippen LogP contribution in [0.3, 0.4) is 0 Å². The molecule has 0 saturated heterocycles. The Labute approximate surface area is 118 Å². The van der Waals surface area contributed by atoms with E-state index in [4.69, 9.17) is 11.6 Å². The van der Waals surface area contributed by atoms with Crippen LogP contribution in [0.2, 0.25) is 5.02 Å². The first-order valence-corrected chi connectivity index (χ1v) is 7.26. The van der Waals surface area contributed by atoms with Crippen LogP contribution >= 0.6 is 11.6 Å². The molecule has 0 atom stereocenters. The second kappa shape index (κ2) is 6.67. The summed E-state index contributed by atoms with van der Waals surface area (Å²) in [6, 6.07) is 7.76. The van der Waals surface area contributed by atoms with Crippen LogP contribution < -0.4 is 5.32 Å². The Morgan fingerprint density at radius 2 is 2.00 bits per heavy atom. The summed E-state index contributed by atoms with van der Waals surface area (Å²) in [7, 11) is 0. The van der Waals surface area contributed by atoms with Gasteiger partial charge >= 0.3 is 0 Å². The summed E-state index contributed by atoms with van der Waals surface area (Å²) in [5.74, 6) is -1.96. The van der Waals surface area contributed by atoms with Crippen LogP contribution in [0.25, 0.3) is 0 Å². The minimum absolute atomic E-state index is 0.0615. The average molecular weight is 288 g/mol. The van der Waals surface area contributed by atoms with Gasteiger partial charge in [0.15, 0.2) is 0 Å². The van der Waals surface area contributed by atoms with Crippen molar-refractivity contribution in [1.82, 2.24) is 5.32 Å². The zero-order chi connectivity index (χ0) is 13.7. The van der Waals surface area contributed by atoms with Crippen LogP contribution in [0.1, 0.15) is 37.7 Å². The summed E-state index contributed by atoms with van der Waals surface area (Å²) in [6.07, 6.45) is 2.42. The quantitative estimate of drug-likeness (QED) is 0.778. The number of benzene rings is 1. The van der Waals surface area contributed by atoms with Gasteiger partial charge in [0.05, 0.1) is 0 Å². The molecule has 2 rings (SSSR count). The average Bonchev–Trinajstić information content (AvgIpc) is 2.36. The van der Waals surface area contributed by atoms with Crippen LogP contribution in [0.4, 0.5) is 8.78 Å². The van der Waals surface area contributed by atoms with Crippen LogP contribution in [0, 0.1) is 5.92 Å². The Hall–Kier alpha value is -0.670. The number of halogens is 3. The normalized spacial score (nSPS) is 19.5. The van der Waals surface area contributed by atoms with E-state index in [1.807, 2.05) is 24.3 Å². The molecule has 1 fully saturated rings. The molecule has 106 valence electrons. The van der Waals surface area contributed by atoms with Gasteiger partial charge in [0.1, 0.15) is 0 Å². The van der Waals surface area contributed by atoms with E-state index < -0.39 is 5.92 Å². The standard InChI is InChI=1S/C15H20ClF2N/c16-14-3-1-2-13(10-14)11-19-9-6-12-4-7-15(17,18)8-5-12/h1-3,10,12,19H,4-9,11H2. The van der Waals surface area contributed by atoms with E-state index in [1.165, 1.54) is 0 Å². The first-order valence-electron chi connectivity index (χ1n) is 6.88. The van der Waals surface area contributed by atoms with E-state index >= 15 is 0 Å². The van der Waals surface area contributed by atoms with Crippen molar-refractivity contribution in [2.45, 2.75) is 44.6 Å². The molecule has 1 aromatic rings. The van der Waals surface area contributed by atoms with Crippen LogP contribution in [0.5, 0.6) is 0 Å². The first kappa shape index (κ1) is 14.7. The fourth-order valence-electron chi connectivity index (χ4n) is 2.57. The van der Waals surface area contributed by atoms with Gasteiger partial charge in [-0.1, -0.05) is 23.7 Å². The van der Waals surface area contributed by atoms with Gasteiger partial charge in [-0.25, -0.2) is 8.78 Å². The Balaban J connectivity index is 1.62. The van der Waals surface area contributed by atoms with Crippen molar-refractivity contribution in [2.75, 3.05) is 6.54 Å². The molecule has 0 amide bonds. The minimum Gasteiger partial charge on any atom is -0.313 e. The number of rotatable bonds is 5. The van der Waals surface area contributed by atoms with Gasteiger partial charge in [-0.3, -0.25) is 0 Å². The van der Waals surface area contributed by atoms with Gasteiger partial charge in [0.25, 0.3) is 0 Å². The maximum absolute atomic E-state index is 13.0. The van der Waals surface area contributed by atoms with Gasteiger partial charge in [-0.2, -0.15) is 0 Å². The number of nitrogens with one attached hydrogen (secondary N) is 1. The summed E-state index contributed by atoms with van der Waals surface area (Å²) < 4.78 is 26.0. The zero-order valence-corrected chi connectivity index (χ0v) is 11.7. The van der Waals surface area contributed by atoms with Crippen molar-refractivity contribution in [3.63, 3.8) is 0 Å². The third-order valence-electron chi connectivity index (χ3n) is 3.78. The summed E-state index contributed by atoms with van der Waals surface area (Å²) >= 11 is 5.91. The molecule has 1 N–H and O–H groups in total. The molecule has 0 spiro atoms. The minimum atomic E-state index is -2.41. The molecule has 0 unspecified atom stereocenters. The van der Waals surface area contributed by atoms with Crippen molar-refractivity contribution in [3.8, 4) is 0 Å². The van der Waals surface area contributed by atoms with E-state index in [9.17, 15) is 8.78 Å². The molecule has 0 aliphatic heterocycles. The van der Waals surface area contributed by atoms with E-state index in [0.29, 0.717) is 18.8 Å². The predicted molar refractivity (Wildman–Crippen MR) is 74.7 cm³/mol. The number of hydrogen-bond acceptors (Lipinski definition) is 1. The van der Waals surface area contributed by atoms with E-state index in [-0.39, 0.29) is 12.8 Å². The topological polar surface area (TPSA) is 12.0 Å². The van der Waals surface area contributed by atoms with Gasteiger partial charge in [0, 0.05) is 24.4 Å². The number of alkyl halides is 2. The highest BCUT2D eigenvalue weighted by atomic mass is 35.5. The van der Waals surface area contributed by atoms with E-state index in [0.717, 1.165) is 30.1 Å². The summed E-state index contributed by atoms with van der Waals surface area (Å²) in [6.45, 7) is 1.66. The summed E-state index contributed by atoms with van der Waals surface area (Å²) in [4.78, 5) is 0. The number of hydrogen-bond donors (Lipinski definition) is 1.